The molecule has 2 aliphatic heterocycles. The molecule has 0 aliphatic carbocycles. The molecule has 0 saturated carbocycles. The molecule has 1 aromatic carbocycles. The number of aromatic nitrogens is 2. The van der Waals surface area contributed by atoms with Crippen molar-refractivity contribution in [2.75, 3.05) is 20.2 Å². The fourth-order valence-corrected chi connectivity index (χ4v) is 5.59. The second kappa shape index (κ2) is 9.79. The Morgan fingerprint density at radius 2 is 2.03 bits per heavy atom. The van der Waals surface area contributed by atoms with E-state index in [1.165, 1.54) is 17.2 Å². The predicted octanol–water partition coefficient (Wildman–Crippen LogP) is 1.56. The van der Waals surface area contributed by atoms with Gasteiger partial charge in [-0.1, -0.05) is 18.2 Å². The molecule has 0 bridgehead atoms. The number of amides is 1. The normalized spacial score (nSPS) is 30.4. The molecule has 2 saturated heterocycles. The molecule has 6 unspecified atom stereocenters. The molecule has 13 heteroatoms. The number of aryl methyl sites for hydroxylation is 1. The molecular formula is C22H28FN4O7P. The van der Waals surface area contributed by atoms with Crippen molar-refractivity contribution in [3.05, 3.63) is 58.8 Å². The monoisotopic (exact) mass is 510 g/mol. The summed E-state index contributed by atoms with van der Waals surface area (Å²) in [6.07, 6.45) is -2.78. The number of ether oxygens (including phenoxy) is 1. The summed E-state index contributed by atoms with van der Waals surface area (Å²) < 4.78 is 46.9. The number of aliphatic hydroxyl groups excluding tert-OH is 1. The molecule has 2 aromatic rings. The van der Waals surface area contributed by atoms with E-state index in [4.69, 9.17) is 13.8 Å². The van der Waals surface area contributed by atoms with Crippen molar-refractivity contribution in [3.63, 3.8) is 0 Å². The third kappa shape index (κ3) is 5.31. The number of halogens is 1. The Hall–Kier alpha value is -2.63. The quantitative estimate of drug-likeness (QED) is 0.508. The largest absolute Gasteiger partial charge is 0.459 e. The Morgan fingerprint density at radius 1 is 1.31 bits per heavy atom. The first-order valence-electron chi connectivity index (χ1n) is 11.1. The summed E-state index contributed by atoms with van der Waals surface area (Å²) in [5.41, 5.74) is -2.67. The van der Waals surface area contributed by atoms with Gasteiger partial charge in [0.1, 0.15) is 18.0 Å². The molecule has 4 rings (SSSR count). The zero-order valence-corrected chi connectivity index (χ0v) is 20.4. The van der Waals surface area contributed by atoms with Gasteiger partial charge in [0.15, 0.2) is 11.9 Å². The van der Waals surface area contributed by atoms with Gasteiger partial charge in [0.25, 0.3) is 0 Å². The molecule has 2 N–H and O–H groups in total. The van der Waals surface area contributed by atoms with E-state index < -0.39 is 50.2 Å². The van der Waals surface area contributed by atoms with Crippen LogP contribution in [0.15, 0.2) is 47.4 Å². The van der Waals surface area contributed by atoms with E-state index in [1.807, 2.05) is 0 Å². The number of carbonyl (C=O) groups is 1. The Balaban J connectivity index is 1.53. The molecule has 11 nitrogen and oxygen atoms in total. The maximum Gasteiger partial charge on any atom is 0.459 e. The standard InChI is InChI=1S/C22H28FN4O7P/c1-14-9-12-27(21(30)24-14)20-22(2,23)18(28)17(33-20)13-32-35(31,34-15-7-5-4-6-8-15)25-16-10-11-26(3)19(16)29/h4-9,12,16-18,20,28H,10-11,13H2,1-3H3,(H,25,31). The Kier molecular flexibility index (Phi) is 7.12. The van der Waals surface area contributed by atoms with Crippen molar-refractivity contribution in [1.29, 1.82) is 0 Å². The highest BCUT2D eigenvalue weighted by molar-refractivity contribution is 7.52. The summed E-state index contributed by atoms with van der Waals surface area (Å²) in [4.78, 5) is 29.9. The lowest BCUT2D eigenvalue weighted by molar-refractivity contribution is -0.128. The third-order valence-electron chi connectivity index (χ3n) is 6.06. The van der Waals surface area contributed by atoms with Crippen LogP contribution in [-0.4, -0.2) is 69.6 Å². The van der Waals surface area contributed by atoms with Crippen LogP contribution in [0, 0.1) is 6.92 Å². The number of benzene rings is 1. The summed E-state index contributed by atoms with van der Waals surface area (Å²) in [5, 5.41) is 13.3. The minimum atomic E-state index is -4.17. The van der Waals surface area contributed by atoms with Crippen LogP contribution < -0.4 is 15.3 Å². The van der Waals surface area contributed by atoms with Gasteiger partial charge in [-0.3, -0.25) is 13.9 Å². The number of hydrogen-bond acceptors (Lipinski definition) is 8. The fraction of sp³-hybridized carbons (Fsp3) is 0.500. The molecule has 35 heavy (non-hydrogen) atoms. The number of nitrogens with one attached hydrogen (secondary N) is 1. The highest BCUT2D eigenvalue weighted by Crippen LogP contribution is 2.48. The van der Waals surface area contributed by atoms with Gasteiger partial charge in [-0.15, -0.1) is 0 Å². The first-order valence-corrected chi connectivity index (χ1v) is 12.6. The van der Waals surface area contributed by atoms with Crippen LogP contribution in [0.4, 0.5) is 4.39 Å². The Labute approximate surface area is 201 Å². The SMILES string of the molecule is Cc1ccn(C2OC(COP(=O)(NC3CCN(C)C3=O)Oc3ccccc3)C(O)C2(C)F)c(=O)n1. The number of rotatable bonds is 8. The molecule has 0 radical (unpaired) electrons. The lowest BCUT2D eigenvalue weighted by Gasteiger charge is -2.25. The van der Waals surface area contributed by atoms with Crippen molar-refractivity contribution < 1.29 is 32.6 Å². The lowest BCUT2D eigenvalue weighted by Crippen LogP contribution is -2.43. The number of likely N-dealkylation sites (tertiary alicyclic amines) is 1. The molecule has 6 atom stereocenters. The highest BCUT2D eigenvalue weighted by atomic mass is 31.2. The average Bonchev–Trinajstić information content (AvgIpc) is 3.23. The van der Waals surface area contributed by atoms with Crippen LogP contribution in [0.5, 0.6) is 5.75 Å². The van der Waals surface area contributed by atoms with Crippen LogP contribution in [0.2, 0.25) is 0 Å². The minimum Gasteiger partial charge on any atom is -0.413 e. The Bertz CT molecular complexity index is 1180. The number of nitrogens with zero attached hydrogens (tertiary/aromatic N) is 3. The zero-order valence-electron chi connectivity index (χ0n) is 19.5. The number of para-hydroxylation sites is 1. The van der Waals surface area contributed by atoms with Gasteiger partial charge in [0, 0.05) is 25.5 Å². The molecular weight excluding hydrogens is 482 g/mol. The number of alkyl halides is 1. The van der Waals surface area contributed by atoms with Gasteiger partial charge in [-0.2, -0.15) is 10.1 Å². The van der Waals surface area contributed by atoms with Crippen LogP contribution in [0.3, 0.4) is 0 Å². The minimum absolute atomic E-state index is 0.223. The summed E-state index contributed by atoms with van der Waals surface area (Å²) in [6, 6.07) is 8.92. The smallest absolute Gasteiger partial charge is 0.413 e. The lowest BCUT2D eigenvalue weighted by atomic mass is 9.98. The van der Waals surface area contributed by atoms with E-state index >= 15 is 4.39 Å². The van der Waals surface area contributed by atoms with Crippen molar-refractivity contribution in [2.45, 2.75) is 50.4 Å². The summed E-state index contributed by atoms with van der Waals surface area (Å²) in [6.45, 7) is 2.64. The van der Waals surface area contributed by atoms with Gasteiger partial charge < -0.3 is 19.3 Å². The molecule has 2 aliphatic rings. The van der Waals surface area contributed by atoms with E-state index in [0.29, 0.717) is 18.7 Å². The van der Waals surface area contributed by atoms with Gasteiger partial charge in [-0.25, -0.2) is 13.8 Å². The van der Waals surface area contributed by atoms with E-state index in [1.54, 1.807) is 44.3 Å². The summed E-state index contributed by atoms with van der Waals surface area (Å²) in [7, 11) is -2.55. The predicted molar refractivity (Wildman–Crippen MR) is 122 cm³/mol. The molecule has 2 fully saturated rings. The van der Waals surface area contributed by atoms with Crippen molar-refractivity contribution in [3.8, 4) is 5.75 Å². The molecule has 3 heterocycles. The molecule has 1 aromatic heterocycles. The van der Waals surface area contributed by atoms with Crippen LogP contribution in [0.1, 0.15) is 25.3 Å². The first kappa shape index (κ1) is 25.5. The second-order valence-corrected chi connectivity index (χ2v) is 10.5. The topological polar surface area (TPSA) is 132 Å². The van der Waals surface area contributed by atoms with Crippen LogP contribution in [0.25, 0.3) is 0 Å². The number of hydrogen-bond donors (Lipinski definition) is 2. The highest BCUT2D eigenvalue weighted by Gasteiger charge is 2.56. The van der Waals surface area contributed by atoms with E-state index in [2.05, 4.69) is 10.1 Å². The van der Waals surface area contributed by atoms with Crippen molar-refractivity contribution in [1.82, 2.24) is 19.5 Å². The van der Waals surface area contributed by atoms with Gasteiger partial charge in [0.05, 0.1) is 12.6 Å². The van der Waals surface area contributed by atoms with E-state index in [9.17, 15) is 19.3 Å². The van der Waals surface area contributed by atoms with Crippen molar-refractivity contribution in [2.24, 2.45) is 0 Å². The fourth-order valence-electron chi connectivity index (χ4n) is 4.04. The zero-order chi connectivity index (χ0) is 25.4. The second-order valence-electron chi connectivity index (χ2n) is 8.81. The van der Waals surface area contributed by atoms with Crippen molar-refractivity contribution >= 4 is 13.7 Å². The number of likely N-dealkylation sites (N-methyl/N-ethyl adjacent to an activating group) is 1. The number of carbonyl (C=O) groups excluding carboxylic acids is 1. The van der Waals surface area contributed by atoms with E-state index in [-0.39, 0.29) is 11.7 Å². The van der Waals surface area contributed by atoms with Gasteiger partial charge in [-0.05, 0) is 38.5 Å². The van der Waals surface area contributed by atoms with Crippen LogP contribution in [-0.2, 0) is 18.6 Å². The summed E-state index contributed by atoms with van der Waals surface area (Å²) >= 11 is 0. The maximum atomic E-state index is 15.5. The van der Waals surface area contributed by atoms with E-state index in [0.717, 1.165) is 11.5 Å². The van der Waals surface area contributed by atoms with Gasteiger partial charge in [0.2, 0.25) is 5.91 Å². The summed E-state index contributed by atoms with van der Waals surface area (Å²) in [5.74, 6) is -0.0502. The number of aliphatic hydroxyl groups is 1. The third-order valence-corrected chi connectivity index (χ3v) is 7.63. The molecule has 190 valence electrons. The Morgan fingerprint density at radius 3 is 2.66 bits per heavy atom. The van der Waals surface area contributed by atoms with Crippen LogP contribution >= 0.6 is 7.75 Å². The maximum absolute atomic E-state index is 15.5. The molecule has 1 amide bonds. The first-order chi connectivity index (χ1) is 16.5. The molecule has 0 spiro atoms. The van der Waals surface area contributed by atoms with Gasteiger partial charge >= 0.3 is 13.4 Å². The average molecular weight is 510 g/mol.